The van der Waals surface area contributed by atoms with Crippen molar-refractivity contribution in [2.24, 2.45) is 0 Å². The Morgan fingerprint density at radius 1 is 1.14 bits per heavy atom. The molecule has 1 unspecified atom stereocenters. The van der Waals surface area contributed by atoms with Crippen LogP contribution < -0.4 is 20.1 Å². The van der Waals surface area contributed by atoms with Gasteiger partial charge in [-0.1, -0.05) is 0 Å². The van der Waals surface area contributed by atoms with E-state index in [2.05, 4.69) is 20.6 Å². The molecular weight excluding hydrogens is 472 g/mol. The number of benzene rings is 1. The molecule has 12 heteroatoms. The summed E-state index contributed by atoms with van der Waals surface area (Å²) in [5.74, 6) is -1.08. The number of methoxy groups -OCH3 is 1. The van der Waals surface area contributed by atoms with E-state index in [9.17, 15) is 22.4 Å². The van der Waals surface area contributed by atoms with Gasteiger partial charge in [0.2, 0.25) is 11.8 Å². The first-order valence-corrected chi connectivity index (χ1v) is 10.4. The molecule has 1 saturated heterocycles. The van der Waals surface area contributed by atoms with Gasteiger partial charge in [0.15, 0.2) is 5.60 Å². The molecule has 1 atom stereocenters. The first-order valence-electron chi connectivity index (χ1n) is 10.4. The second-order valence-corrected chi connectivity index (χ2v) is 7.64. The van der Waals surface area contributed by atoms with Gasteiger partial charge in [0.25, 0.3) is 0 Å². The maximum atomic E-state index is 14.0. The maximum absolute atomic E-state index is 14.0. The number of rotatable bonds is 6. The Morgan fingerprint density at radius 3 is 2.57 bits per heavy atom. The third kappa shape index (κ3) is 4.97. The van der Waals surface area contributed by atoms with Crippen LogP contribution in [-0.4, -0.2) is 35.9 Å². The van der Waals surface area contributed by atoms with Crippen LogP contribution in [0.1, 0.15) is 17.7 Å². The van der Waals surface area contributed by atoms with Crippen molar-refractivity contribution in [2.75, 3.05) is 24.4 Å². The third-order valence-corrected chi connectivity index (χ3v) is 5.29. The highest BCUT2D eigenvalue weighted by Crippen LogP contribution is 2.53. The second-order valence-electron chi connectivity index (χ2n) is 7.64. The highest BCUT2D eigenvalue weighted by molar-refractivity contribution is 6.00. The Labute approximate surface area is 197 Å². The fraction of sp³-hybridized carbons (Fsp3) is 0.261. The number of nitrogens with one attached hydrogen (secondary N) is 2. The van der Waals surface area contributed by atoms with Crippen LogP contribution in [0.15, 0.2) is 48.7 Å². The molecule has 8 nitrogen and oxygen atoms in total. The lowest BCUT2D eigenvalue weighted by molar-refractivity contribution is -0.333. The zero-order valence-electron chi connectivity index (χ0n) is 18.6. The zero-order chi connectivity index (χ0) is 25.2. The van der Waals surface area contributed by atoms with E-state index >= 15 is 0 Å². The molecule has 1 aliphatic heterocycles. The average molecular weight is 492 g/mol. The number of halogens is 4. The normalized spacial score (nSPS) is 17.3. The van der Waals surface area contributed by atoms with E-state index in [1.165, 1.54) is 31.5 Å². The molecule has 1 fully saturated rings. The first-order chi connectivity index (χ1) is 16.6. The van der Waals surface area contributed by atoms with E-state index in [4.69, 9.17) is 14.2 Å². The van der Waals surface area contributed by atoms with Crippen LogP contribution in [0.5, 0.6) is 17.5 Å². The third-order valence-electron chi connectivity index (χ3n) is 5.29. The summed E-state index contributed by atoms with van der Waals surface area (Å²) in [6.07, 6.45) is -3.75. The number of aryl methyl sites for hydroxylation is 1. The molecule has 0 bridgehead atoms. The predicted octanol–water partition coefficient (Wildman–Crippen LogP) is 5.55. The summed E-state index contributed by atoms with van der Waals surface area (Å²) in [6.45, 7) is 1.50. The average Bonchev–Trinajstić information content (AvgIpc) is 2.75. The van der Waals surface area contributed by atoms with Crippen LogP contribution >= 0.6 is 0 Å². The Morgan fingerprint density at radius 2 is 1.91 bits per heavy atom. The van der Waals surface area contributed by atoms with Gasteiger partial charge in [-0.2, -0.15) is 13.2 Å². The number of hydrogen-bond donors (Lipinski definition) is 2. The lowest BCUT2D eigenvalue weighted by atomic mass is 9.85. The van der Waals surface area contributed by atoms with Gasteiger partial charge >= 0.3 is 12.2 Å². The van der Waals surface area contributed by atoms with E-state index < -0.39 is 29.2 Å². The van der Waals surface area contributed by atoms with E-state index in [0.29, 0.717) is 11.4 Å². The number of urea groups is 1. The summed E-state index contributed by atoms with van der Waals surface area (Å²) in [4.78, 5) is 20.7. The Bertz CT molecular complexity index is 1250. The molecular formula is C23H20F4N4O4. The molecule has 0 radical (unpaired) electrons. The maximum Gasteiger partial charge on any atom is 0.421 e. The minimum atomic E-state index is -4.80. The number of hydrogen-bond acceptors (Lipinski definition) is 6. The van der Waals surface area contributed by atoms with Crippen LogP contribution in [0.2, 0.25) is 0 Å². The van der Waals surface area contributed by atoms with E-state index in [0.717, 1.165) is 18.2 Å². The van der Waals surface area contributed by atoms with Gasteiger partial charge in [-0.25, -0.2) is 19.2 Å². The van der Waals surface area contributed by atoms with E-state index in [-0.39, 0.29) is 36.2 Å². The molecule has 3 aromatic rings. The van der Waals surface area contributed by atoms with Gasteiger partial charge in [0.05, 0.1) is 13.7 Å². The molecule has 0 saturated carbocycles. The number of ether oxygens (including phenoxy) is 3. The minimum Gasteiger partial charge on any atom is -0.481 e. The molecule has 2 aromatic heterocycles. The van der Waals surface area contributed by atoms with Crippen molar-refractivity contribution in [1.82, 2.24) is 9.97 Å². The smallest absolute Gasteiger partial charge is 0.421 e. The summed E-state index contributed by atoms with van der Waals surface area (Å²) in [6, 6.07) is 8.17. The van der Waals surface area contributed by atoms with Gasteiger partial charge < -0.3 is 24.8 Å². The van der Waals surface area contributed by atoms with Gasteiger partial charge in [0.1, 0.15) is 17.3 Å². The van der Waals surface area contributed by atoms with Crippen LogP contribution in [0, 0.1) is 12.7 Å². The summed E-state index contributed by atoms with van der Waals surface area (Å²) in [5, 5.41) is 5.13. The van der Waals surface area contributed by atoms with Crippen LogP contribution in [0.4, 0.5) is 33.7 Å². The second kappa shape index (κ2) is 9.37. The van der Waals surface area contributed by atoms with Gasteiger partial charge in [-0.15, -0.1) is 0 Å². The Balaban J connectivity index is 1.63. The summed E-state index contributed by atoms with van der Waals surface area (Å²) in [5.41, 5.74) is -2.29. The predicted molar refractivity (Wildman–Crippen MR) is 117 cm³/mol. The zero-order valence-corrected chi connectivity index (χ0v) is 18.6. The highest BCUT2D eigenvalue weighted by atomic mass is 19.4. The van der Waals surface area contributed by atoms with Crippen LogP contribution in [-0.2, 0) is 10.3 Å². The summed E-state index contributed by atoms with van der Waals surface area (Å²) >= 11 is 0. The fourth-order valence-electron chi connectivity index (χ4n) is 3.50. The summed E-state index contributed by atoms with van der Waals surface area (Å²) in [7, 11) is 1.43. The molecule has 1 aliphatic rings. The molecule has 2 N–H and O–H groups in total. The Hall–Kier alpha value is -3.93. The van der Waals surface area contributed by atoms with Crippen LogP contribution in [0.25, 0.3) is 0 Å². The van der Waals surface area contributed by atoms with E-state index in [1.807, 2.05) is 0 Å². The molecule has 4 rings (SSSR count). The number of pyridine rings is 2. The van der Waals surface area contributed by atoms with Crippen LogP contribution in [0.3, 0.4) is 0 Å². The monoisotopic (exact) mass is 492 g/mol. The number of aromatic nitrogens is 2. The standard InChI is InChI=1S/C23H20F4N4O4/c1-13-3-5-17(31-21(32)30-15-7-9-28-19(12-15)33-2)20(29-13)35-18-6-4-14(24)11-16(18)22(8-10-34-22)23(25,26)27/h3-7,9,11-12H,8,10H2,1-2H3,(H2,28,30,31,32). The Kier molecular flexibility index (Phi) is 6.48. The molecule has 0 aliphatic carbocycles. The topological polar surface area (TPSA) is 94.6 Å². The SMILES string of the molecule is COc1cc(NC(=O)Nc2ccc(C)nc2Oc2ccc(F)cc2C2(C(F)(F)F)CCO2)ccn1. The van der Waals surface area contributed by atoms with Crippen molar-refractivity contribution in [3.8, 4) is 17.5 Å². The number of nitrogens with zero attached hydrogens (tertiary/aromatic N) is 2. The number of carbonyl (C=O) groups excluding carboxylic acids is 1. The van der Waals surface area contributed by atoms with Crippen molar-refractivity contribution in [2.45, 2.75) is 25.1 Å². The lowest BCUT2D eigenvalue weighted by Gasteiger charge is -2.43. The van der Waals surface area contributed by atoms with Crippen molar-refractivity contribution in [3.05, 3.63) is 65.7 Å². The van der Waals surface area contributed by atoms with Crippen molar-refractivity contribution < 1.29 is 36.6 Å². The number of amides is 2. The summed E-state index contributed by atoms with van der Waals surface area (Å²) < 4.78 is 71.2. The molecule has 2 amide bonds. The van der Waals surface area contributed by atoms with Gasteiger partial charge in [-0.05, 0) is 43.3 Å². The molecule has 35 heavy (non-hydrogen) atoms. The first kappa shape index (κ1) is 24.2. The van der Waals surface area contributed by atoms with Gasteiger partial charge in [0, 0.05) is 35.6 Å². The van der Waals surface area contributed by atoms with Crippen molar-refractivity contribution in [1.29, 1.82) is 0 Å². The van der Waals surface area contributed by atoms with E-state index in [1.54, 1.807) is 13.0 Å². The number of alkyl halides is 3. The van der Waals surface area contributed by atoms with Gasteiger partial charge in [-0.3, -0.25) is 0 Å². The quantitative estimate of drug-likeness (QED) is 0.439. The molecule has 1 aromatic carbocycles. The fourth-order valence-corrected chi connectivity index (χ4v) is 3.50. The molecule has 3 heterocycles. The lowest BCUT2D eigenvalue weighted by Crippen LogP contribution is -2.52. The highest BCUT2D eigenvalue weighted by Gasteiger charge is 2.62. The number of carbonyl (C=O) groups is 1. The minimum absolute atomic E-state index is 0.0694. The molecule has 0 spiro atoms. The largest absolute Gasteiger partial charge is 0.481 e. The molecule has 184 valence electrons. The van der Waals surface area contributed by atoms with Crippen molar-refractivity contribution in [3.63, 3.8) is 0 Å². The number of anilines is 2. The van der Waals surface area contributed by atoms with Crippen molar-refractivity contribution >= 4 is 17.4 Å².